The number of fused-ring (bicyclic) bond motifs is 1. The average molecular weight is 501 g/mol. The van der Waals surface area contributed by atoms with Crippen LogP contribution in [-0.4, -0.2) is 78.4 Å². The molecule has 1 aliphatic heterocycles. The van der Waals surface area contributed by atoms with E-state index in [1.54, 1.807) is 25.5 Å². The SMILES string of the molecule is CCOC(=O)NC(=S)Nc1c(C(=O)OCC)ncn1[C@@H]1C[C@H](COCOC)[C@H]2OC(C)(C)O[C@H]21. The number of aromatic nitrogens is 2. The Balaban J connectivity index is 1.90. The van der Waals surface area contributed by atoms with E-state index >= 15 is 0 Å². The Morgan fingerprint density at radius 2 is 1.94 bits per heavy atom. The van der Waals surface area contributed by atoms with Crippen LogP contribution in [0.4, 0.5) is 10.6 Å². The van der Waals surface area contributed by atoms with Crippen molar-refractivity contribution in [2.45, 2.75) is 58.2 Å². The molecular formula is C21H32N4O8S. The van der Waals surface area contributed by atoms with E-state index in [-0.39, 0.29) is 60.8 Å². The first-order valence-electron chi connectivity index (χ1n) is 11.1. The van der Waals surface area contributed by atoms with E-state index in [0.29, 0.717) is 13.0 Å². The van der Waals surface area contributed by atoms with Crippen molar-refractivity contribution < 1.29 is 38.0 Å². The Hall–Kier alpha value is -2.32. The molecule has 1 saturated heterocycles. The molecule has 2 aliphatic rings. The minimum atomic E-state index is -0.785. The van der Waals surface area contributed by atoms with Gasteiger partial charge in [-0.3, -0.25) is 5.32 Å². The van der Waals surface area contributed by atoms with Gasteiger partial charge in [0.05, 0.1) is 38.3 Å². The van der Waals surface area contributed by atoms with Crippen molar-refractivity contribution >= 4 is 35.2 Å². The highest BCUT2D eigenvalue weighted by Crippen LogP contribution is 2.48. The smallest absolute Gasteiger partial charge is 0.413 e. The molecule has 1 aromatic rings. The van der Waals surface area contributed by atoms with Crippen molar-refractivity contribution in [1.29, 1.82) is 0 Å². The summed E-state index contributed by atoms with van der Waals surface area (Å²) in [6.45, 7) is 8.03. The van der Waals surface area contributed by atoms with Crippen molar-refractivity contribution in [2.75, 3.05) is 39.0 Å². The van der Waals surface area contributed by atoms with E-state index in [4.69, 9.17) is 40.6 Å². The number of thiocarbonyl (C=S) groups is 1. The zero-order chi connectivity index (χ0) is 24.9. The molecule has 2 N–H and O–H groups in total. The first kappa shape index (κ1) is 26.3. The molecule has 0 bridgehead atoms. The molecular weight excluding hydrogens is 468 g/mol. The first-order valence-corrected chi connectivity index (χ1v) is 11.5. The third kappa shape index (κ3) is 6.02. The van der Waals surface area contributed by atoms with E-state index in [0.717, 1.165) is 0 Å². The zero-order valence-corrected chi connectivity index (χ0v) is 20.8. The standard InChI is InChI=1S/C21H32N4O8S/c1-6-30-18(26)14-17(23-19(34)24-20(27)31-7-2)25(10-22-14)13-8-12(9-29-11-28-5)15-16(13)33-21(3,4)32-15/h10,12-13,15-16H,6-9,11H2,1-5H3,(H2,23,24,27,34)/t12-,13-,15-,16+/m1/s1. The third-order valence-electron chi connectivity index (χ3n) is 5.43. The van der Waals surface area contributed by atoms with Crippen LogP contribution in [0.3, 0.4) is 0 Å². The molecule has 0 radical (unpaired) electrons. The minimum Gasteiger partial charge on any atom is -0.461 e. The molecule has 12 nitrogen and oxygen atoms in total. The molecule has 1 aliphatic carbocycles. The molecule has 0 spiro atoms. The van der Waals surface area contributed by atoms with Gasteiger partial charge in [0.2, 0.25) is 0 Å². The van der Waals surface area contributed by atoms with Crippen molar-refractivity contribution in [3.05, 3.63) is 12.0 Å². The van der Waals surface area contributed by atoms with Crippen LogP contribution in [0.15, 0.2) is 6.33 Å². The number of imidazole rings is 1. The number of carbonyl (C=O) groups is 2. The predicted molar refractivity (Wildman–Crippen MR) is 123 cm³/mol. The van der Waals surface area contributed by atoms with Gasteiger partial charge in [-0.25, -0.2) is 14.6 Å². The summed E-state index contributed by atoms with van der Waals surface area (Å²) in [6, 6.07) is -0.258. The Kier molecular flexibility index (Phi) is 8.82. The Morgan fingerprint density at radius 1 is 1.24 bits per heavy atom. The largest absolute Gasteiger partial charge is 0.461 e. The predicted octanol–water partition coefficient (Wildman–Crippen LogP) is 2.20. The molecule has 1 saturated carbocycles. The molecule has 1 aromatic heterocycles. The van der Waals surface area contributed by atoms with Crippen LogP contribution in [0.5, 0.6) is 0 Å². The van der Waals surface area contributed by atoms with Crippen LogP contribution in [0.25, 0.3) is 0 Å². The molecule has 2 fully saturated rings. The Bertz CT molecular complexity index is 892. The van der Waals surface area contributed by atoms with Crippen molar-refractivity contribution in [2.24, 2.45) is 5.92 Å². The second-order valence-electron chi connectivity index (χ2n) is 8.27. The number of esters is 1. The lowest BCUT2D eigenvalue weighted by atomic mass is 10.1. The molecule has 3 rings (SSSR count). The lowest BCUT2D eigenvalue weighted by molar-refractivity contribution is -0.164. The fourth-order valence-electron chi connectivity index (χ4n) is 4.26. The summed E-state index contributed by atoms with van der Waals surface area (Å²) in [4.78, 5) is 28.7. The maximum Gasteiger partial charge on any atom is 0.413 e. The van der Waals surface area contributed by atoms with Gasteiger partial charge in [0.25, 0.3) is 0 Å². The summed E-state index contributed by atoms with van der Waals surface area (Å²) >= 11 is 5.26. The van der Waals surface area contributed by atoms with Crippen LogP contribution in [0, 0.1) is 5.92 Å². The highest BCUT2D eigenvalue weighted by molar-refractivity contribution is 7.80. The van der Waals surface area contributed by atoms with Gasteiger partial charge in [0, 0.05) is 13.0 Å². The monoisotopic (exact) mass is 500 g/mol. The van der Waals surface area contributed by atoms with Crippen LogP contribution < -0.4 is 10.6 Å². The van der Waals surface area contributed by atoms with E-state index in [9.17, 15) is 9.59 Å². The van der Waals surface area contributed by atoms with Crippen LogP contribution in [0.2, 0.25) is 0 Å². The number of anilines is 1. The molecule has 1 amide bonds. The highest BCUT2D eigenvalue weighted by Gasteiger charge is 2.55. The van der Waals surface area contributed by atoms with E-state index < -0.39 is 17.8 Å². The lowest BCUT2D eigenvalue weighted by Crippen LogP contribution is -2.36. The quantitative estimate of drug-likeness (QED) is 0.224. The summed E-state index contributed by atoms with van der Waals surface area (Å²) in [5.74, 6) is -1.12. The second kappa shape index (κ2) is 11.4. The summed E-state index contributed by atoms with van der Waals surface area (Å²) in [5, 5.41) is 5.27. The number of carbonyl (C=O) groups excluding carboxylic acids is 2. The van der Waals surface area contributed by atoms with Crippen molar-refractivity contribution in [3.63, 3.8) is 0 Å². The number of nitrogens with zero attached hydrogens (tertiary/aromatic N) is 2. The Labute approximate surface area is 203 Å². The first-order chi connectivity index (χ1) is 16.2. The summed E-state index contributed by atoms with van der Waals surface area (Å²) in [5.41, 5.74) is 0.0312. The summed E-state index contributed by atoms with van der Waals surface area (Å²) < 4.78 is 34.8. The number of methoxy groups -OCH3 is 1. The van der Waals surface area contributed by atoms with Gasteiger partial charge in [-0.15, -0.1) is 0 Å². The molecule has 2 heterocycles. The van der Waals surface area contributed by atoms with Gasteiger partial charge >= 0.3 is 12.1 Å². The van der Waals surface area contributed by atoms with Gasteiger partial charge in [0.15, 0.2) is 16.6 Å². The van der Waals surface area contributed by atoms with E-state index in [2.05, 4.69) is 15.6 Å². The van der Waals surface area contributed by atoms with Crippen molar-refractivity contribution in [1.82, 2.24) is 14.9 Å². The molecule has 0 unspecified atom stereocenters. The van der Waals surface area contributed by atoms with E-state index in [1.165, 1.54) is 6.33 Å². The van der Waals surface area contributed by atoms with Crippen LogP contribution >= 0.6 is 12.2 Å². The highest BCUT2D eigenvalue weighted by atomic mass is 32.1. The summed E-state index contributed by atoms with van der Waals surface area (Å²) in [6.07, 6.45) is 0.872. The molecule has 34 heavy (non-hydrogen) atoms. The maximum absolute atomic E-state index is 12.6. The third-order valence-corrected chi connectivity index (χ3v) is 5.63. The number of ether oxygens (including phenoxy) is 6. The van der Waals surface area contributed by atoms with Gasteiger partial charge in [-0.05, 0) is 46.3 Å². The number of amides is 1. The van der Waals surface area contributed by atoms with Crippen molar-refractivity contribution in [3.8, 4) is 0 Å². The van der Waals surface area contributed by atoms with Crippen LogP contribution in [-0.2, 0) is 28.4 Å². The number of nitrogens with one attached hydrogen (secondary N) is 2. The topological polar surface area (TPSA) is 131 Å². The van der Waals surface area contributed by atoms with Gasteiger partial charge in [-0.2, -0.15) is 0 Å². The fourth-order valence-corrected chi connectivity index (χ4v) is 4.44. The zero-order valence-electron chi connectivity index (χ0n) is 20.0. The normalized spacial score (nSPS) is 25.0. The van der Waals surface area contributed by atoms with E-state index in [1.807, 2.05) is 13.8 Å². The average Bonchev–Trinajstić information content (AvgIpc) is 3.40. The Morgan fingerprint density at radius 3 is 2.62 bits per heavy atom. The molecule has 0 aromatic carbocycles. The molecule has 13 heteroatoms. The van der Waals surface area contributed by atoms with Gasteiger partial charge < -0.3 is 38.3 Å². The van der Waals surface area contributed by atoms with Gasteiger partial charge in [-0.1, -0.05) is 0 Å². The number of hydrogen-bond acceptors (Lipinski definition) is 10. The molecule has 190 valence electrons. The fraction of sp³-hybridized carbons (Fsp3) is 0.714. The number of rotatable bonds is 9. The lowest BCUT2D eigenvalue weighted by Gasteiger charge is -2.25. The van der Waals surface area contributed by atoms with Crippen LogP contribution in [0.1, 0.15) is 50.6 Å². The maximum atomic E-state index is 12.6. The summed E-state index contributed by atoms with van der Waals surface area (Å²) in [7, 11) is 1.56. The molecule has 4 atom stereocenters. The number of alkyl carbamates (subject to hydrolysis) is 1. The number of hydrogen-bond donors (Lipinski definition) is 2. The van der Waals surface area contributed by atoms with Gasteiger partial charge in [0.1, 0.15) is 18.7 Å². The second-order valence-corrected chi connectivity index (χ2v) is 8.68. The minimum absolute atomic E-state index is 0.0119.